The molecule has 11 nitrogen and oxygen atoms in total. The lowest BCUT2D eigenvalue weighted by atomic mass is 9.81. The van der Waals surface area contributed by atoms with Crippen molar-refractivity contribution in [1.29, 1.82) is 0 Å². The highest BCUT2D eigenvalue weighted by Crippen LogP contribution is 2.32. The van der Waals surface area contributed by atoms with Crippen molar-refractivity contribution in [2.24, 2.45) is 23.5 Å². The van der Waals surface area contributed by atoms with Crippen LogP contribution >= 0.6 is 0 Å². The molecule has 3 amide bonds. The second-order valence-electron chi connectivity index (χ2n) is 15.9. The van der Waals surface area contributed by atoms with Crippen LogP contribution in [-0.2, 0) is 16.0 Å². The summed E-state index contributed by atoms with van der Waals surface area (Å²) in [6.45, 7) is 5.37. The first-order valence-electron chi connectivity index (χ1n) is 19.8. The molecule has 3 N–H and O–H groups in total. The number of rotatable bonds is 9. The first-order chi connectivity index (χ1) is 25.7. The Balaban J connectivity index is 0.829. The zero-order valence-corrected chi connectivity index (χ0v) is 30.8. The first kappa shape index (κ1) is 37.2. The molecule has 53 heavy (non-hydrogen) atoms. The summed E-state index contributed by atoms with van der Waals surface area (Å²) in [4.78, 5) is 59.7. The Morgan fingerprint density at radius 3 is 2.13 bits per heavy atom. The Labute approximate surface area is 311 Å². The van der Waals surface area contributed by atoms with E-state index in [0.29, 0.717) is 73.5 Å². The number of nitrogens with zero attached hydrogens (tertiary/aromatic N) is 5. The van der Waals surface area contributed by atoms with Crippen LogP contribution in [0.3, 0.4) is 0 Å². The molecule has 7 rings (SSSR count). The minimum Gasteiger partial charge on any atom is -0.341 e. The maximum Gasteiger partial charge on any atom is 0.272 e. The molecule has 1 aliphatic carbocycles. The van der Waals surface area contributed by atoms with Crippen LogP contribution in [-0.4, -0.2) is 112 Å². The molecular weight excluding hydrogens is 673 g/mol. The molecule has 4 aliphatic rings. The van der Waals surface area contributed by atoms with Crippen molar-refractivity contribution >= 4 is 28.5 Å². The van der Waals surface area contributed by atoms with Gasteiger partial charge in [0.25, 0.3) is 11.5 Å². The van der Waals surface area contributed by atoms with Crippen molar-refractivity contribution in [1.82, 2.24) is 29.8 Å². The van der Waals surface area contributed by atoms with Crippen LogP contribution in [0.25, 0.3) is 10.8 Å². The number of hydrogen-bond acceptors (Lipinski definition) is 7. The SMILES string of the molecule is NC(C(=O)N1CCC(CC2CCN(CC(=O)N3CCN(C(=O)c4cc(Cc5n[nH]c(=O)c6ccccc56)ccc4F)CC3)CC2)CC1)C1CCCCC1. The number of likely N-dealkylation sites (tertiary alicyclic amines) is 2. The molecule has 3 saturated heterocycles. The maximum atomic E-state index is 15.0. The van der Waals surface area contributed by atoms with Crippen molar-refractivity contribution in [3.63, 3.8) is 0 Å². The van der Waals surface area contributed by atoms with E-state index in [-0.39, 0.29) is 29.0 Å². The van der Waals surface area contributed by atoms with Crippen LogP contribution in [0.15, 0.2) is 47.3 Å². The second kappa shape index (κ2) is 16.9. The molecule has 4 heterocycles. The molecule has 3 aromatic rings. The zero-order chi connectivity index (χ0) is 36.9. The van der Waals surface area contributed by atoms with E-state index in [2.05, 4.69) is 15.1 Å². The molecule has 3 aliphatic heterocycles. The third kappa shape index (κ3) is 8.81. The van der Waals surface area contributed by atoms with Gasteiger partial charge in [0, 0.05) is 51.1 Å². The van der Waals surface area contributed by atoms with Crippen molar-refractivity contribution in [3.05, 3.63) is 75.5 Å². The average molecular weight is 728 g/mol. The molecule has 0 bridgehead atoms. The van der Waals surface area contributed by atoms with Gasteiger partial charge in [0.15, 0.2) is 0 Å². The molecule has 1 saturated carbocycles. The third-order valence-electron chi connectivity index (χ3n) is 12.4. The number of piperazine rings is 1. The Morgan fingerprint density at radius 1 is 0.792 bits per heavy atom. The Hall–Kier alpha value is -4.16. The number of carbonyl (C=O) groups is 3. The number of hydrogen-bond donors (Lipinski definition) is 2. The third-order valence-corrected chi connectivity index (χ3v) is 12.4. The highest BCUT2D eigenvalue weighted by atomic mass is 19.1. The van der Waals surface area contributed by atoms with E-state index < -0.39 is 11.7 Å². The van der Waals surface area contributed by atoms with Gasteiger partial charge < -0.3 is 20.4 Å². The van der Waals surface area contributed by atoms with E-state index in [1.807, 2.05) is 21.9 Å². The van der Waals surface area contributed by atoms with Gasteiger partial charge >= 0.3 is 0 Å². The normalized spacial score (nSPS) is 20.5. The maximum absolute atomic E-state index is 15.0. The zero-order valence-electron chi connectivity index (χ0n) is 30.8. The number of carbonyl (C=O) groups excluding carboxylic acids is 3. The molecule has 12 heteroatoms. The summed E-state index contributed by atoms with van der Waals surface area (Å²) in [5.41, 5.74) is 7.50. The molecule has 2 aromatic carbocycles. The quantitative estimate of drug-likeness (QED) is 0.338. The highest BCUT2D eigenvalue weighted by Gasteiger charge is 2.33. The number of H-pyrrole nitrogens is 1. The number of nitrogens with one attached hydrogen (secondary N) is 1. The van der Waals surface area contributed by atoms with E-state index in [0.717, 1.165) is 70.1 Å². The van der Waals surface area contributed by atoms with Crippen LogP contribution in [0, 0.1) is 23.6 Å². The first-order valence-corrected chi connectivity index (χ1v) is 19.8. The molecule has 4 fully saturated rings. The van der Waals surface area contributed by atoms with Crippen molar-refractivity contribution < 1.29 is 18.8 Å². The van der Waals surface area contributed by atoms with Gasteiger partial charge in [-0.25, -0.2) is 9.49 Å². The summed E-state index contributed by atoms with van der Waals surface area (Å²) in [5.74, 6) is 0.903. The number of nitrogens with two attached hydrogens (primary N) is 1. The monoisotopic (exact) mass is 727 g/mol. The standard InChI is InChI=1S/C41H54FN7O4/c42-35-11-10-30(26-36-32-8-4-5-9-33(32)39(51)45-44-36)25-34(35)40(52)49-22-20-47(21-23-49)37(50)27-46-16-12-28(13-17-46)24-29-14-18-48(19-15-29)41(53)38(43)31-6-2-1-3-7-31/h4-5,8-11,25,28-29,31,38H,1-3,6-7,12-24,26-27,43H2,(H,45,51). The topological polar surface area (TPSA) is 136 Å². The fraction of sp³-hybridized carbons (Fsp3) is 0.585. The van der Waals surface area contributed by atoms with Crippen LogP contribution in [0.5, 0.6) is 0 Å². The molecule has 0 spiro atoms. The van der Waals surface area contributed by atoms with Crippen molar-refractivity contribution in [3.8, 4) is 0 Å². The molecule has 1 atom stereocenters. The molecule has 1 unspecified atom stereocenters. The number of benzene rings is 2. The Morgan fingerprint density at radius 2 is 1.43 bits per heavy atom. The lowest BCUT2D eigenvalue weighted by molar-refractivity contribution is -0.136. The van der Waals surface area contributed by atoms with E-state index in [1.165, 1.54) is 31.7 Å². The Kier molecular flexibility index (Phi) is 11.8. The van der Waals surface area contributed by atoms with Crippen LogP contribution in [0.1, 0.15) is 85.8 Å². The fourth-order valence-electron chi connectivity index (χ4n) is 9.11. The molecule has 1 aromatic heterocycles. The largest absolute Gasteiger partial charge is 0.341 e. The van der Waals surface area contributed by atoms with Gasteiger partial charge in [0.2, 0.25) is 11.8 Å². The minimum atomic E-state index is -0.588. The lowest BCUT2D eigenvalue weighted by Gasteiger charge is -2.39. The number of aromatic amines is 1. The smallest absolute Gasteiger partial charge is 0.272 e. The minimum absolute atomic E-state index is 0.00298. The van der Waals surface area contributed by atoms with E-state index in [1.54, 1.807) is 29.2 Å². The van der Waals surface area contributed by atoms with Crippen LogP contribution < -0.4 is 11.3 Å². The van der Waals surface area contributed by atoms with Gasteiger partial charge in [-0.05, 0) is 99.6 Å². The lowest BCUT2D eigenvalue weighted by Crippen LogP contribution is -2.53. The van der Waals surface area contributed by atoms with Gasteiger partial charge in [-0.15, -0.1) is 0 Å². The number of aromatic nitrogens is 2. The van der Waals surface area contributed by atoms with E-state index >= 15 is 0 Å². The number of amides is 3. The number of halogens is 1. The van der Waals surface area contributed by atoms with Gasteiger partial charge in [0.1, 0.15) is 5.82 Å². The van der Waals surface area contributed by atoms with Crippen LogP contribution in [0.2, 0.25) is 0 Å². The summed E-state index contributed by atoms with van der Waals surface area (Å²) >= 11 is 0. The predicted octanol–water partition coefficient (Wildman–Crippen LogP) is 4.19. The average Bonchev–Trinajstić information content (AvgIpc) is 3.20. The van der Waals surface area contributed by atoms with Gasteiger partial charge in [0.05, 0.1) is 29.2 Å². The van der Waals surface area contributed by atoms with Gasteiger partial charge in [-0.3, -0.25) is 24.1 Å². The van der Waals surface area contributed by atoms with Crippen molar-refractivity contribution in [2.45, 2.75) is 76.7 Å². The van der Waals surface area contributed by atoms with Crippen molar-refractivity contribution in [2.75, 3.05) is 58.9 Å². The number of fused-ring (bicyclic) bond motifs is 1. The summed E-state index contributed by atoms with van der Waals surface area (Å²) in [7, 11) is 0. The molecule has 0 radical (unpaired) electrons. The summed E-state index contributed by atoms with van der Waals surface area (Å²) in [6.07, 6.45) is 11.6. The second-order valence-corrected chi connectivity index (χ2v) is 15.9. The molecular formula is C41H54FN7O4. The van der Waals surface area contributed by atoms with Gasteiger partial charge in [-0.2, -0.15) is 5.10 Å². The van der Waals surface area contributed by atoms with Gasteiger partial charge in [-0.1, -0.05) is 43.5 Å². The van der Waals surface area contributed by atoms with Crippen LogP contribution in [0.4, 0.5) is 4.39 Å². The summed E-state index contributed by atoms with van der Waals surface area (Å²) < 4.78 is 15.0. The number of piperidine rings is 2. The highest BCUT2D eigenvalue weighted by molar-refractivity contribution is 5.95. The van der Waals surface area contributed by atoms with E-state index in [9.17, 15) is 23.6 Å². The Bertz CT molecular complexity index is 1820. The van der Waals surface area contributed by atoms with E-state index in [4.69, 9.17) is 5.73 Å². The summed E-state index contributed by atoms with van der Waals surface area (Å²) in [6, 6.07) is 11.4. The summed E-state index contributed by atoms with van der Waals surface area (Å²) in [5, 5.41) is 8.00. The molecule has 284 valence electrons. The fourth-order valence-corrected chi connectivity index (χ4v) is 9.11. The predicted molar refractivity (Wildman–Crippen MR) is 202 cm³/mol.